The summed E-state index contributed by atoms with van der Waals surface area (Å²) < 4.78 is 23.5. The Bertz CT molecular complexity index is 554. The second-order valence-corrected chi connectivity index (χ2v) is 9.39. The molecule has 0 unspecified atom stereocenters. The summed E-state index contributed by atoms with van der Waals surface area (Å²) in [6, 6.07) is 0.178. The fraction of sp³-hybridized carbons (Fsp3) is 0.812. The highest BCUT2D eigenvalue weighted by Gasteiger charge is 2.32. The van der Waals surface area contributed by atoms with Crippen molar-refractivity contribution in [3.8, 4) is 0 Å². The van der Waals surface area contributed by atoms with Gasteiger partial charge in [-0.25, -0.2) is 13.4 Å². The van der Waals surface area contributed by atoms with Crippen LogP contribution in [0, 0.1) is 0 Å². The molecule has 0 amide bonds. The molecule has 0 aromatic carbocycles. The third-order valence-corrected chi connectivity index (χ3v) is 6.94. The summed E-state index contributed by atoms with van der Waals surface area (Å²) in [5, 5.41) is 3.36. The zero-order chi connectivity index (χ0) is 16.0. The minimum Gasteiger partial charge on any atom is -0.293 e. The predicted octanol–water partition coefficient (Wildman–Crippen LogP) is 3.27. The second-order valence-electron chi connectivity index (χ2n) is 6.22. The first kappa shape index (κ1) is 17.9. The number of sulfone groups is 1. The van der Waals surface area contributed by atoms with E-state index in [1.54, 1.807) is 11.3 Å². The lowest BCUT2D eigenvalue weighted by Gasteiger charge is -2.27. The third-order valence-electron chi connectivity index (χ3n) is 4.23. The third kappa shape index (κ3) is 5.32. The number of thiazole rings is 1. The Hall–Kier alpha value is -0.460. The Morgan fingerprint density at radius 1 is 1.32 bits per heavy atom. The molecule has 4 nitrogen and oxygen atoms in total. The van der Waals surface area contributed by atoms with Crippen LogP contribution < -0.4 is 0 Å². The summed E-state index contributed by atoms with van der Waals surface area (Å²) in [6.45, 7) is 6.14. The van der Waals surface area contributed by atoms with Gasteiger partial charge in [-0.05, 0) is 32.2 Å². The Balaban J connectivity index is 1.98. The van der Waals surface area contributed by atoms with E-state index in [-0.39, 0.29) is 6.04 Å². The van der Waals surface area contributed by atoms with Crippen LogP contribution in [0.5, 0.6) is 0 Å². The zero-order valence-corrected chi connectivity index (χ0v) is 15.4. The van der Waals surface area contributed by atoms with E-state index in [4.69, 9.17) is 4.98 Å². The normalized spacial score (nSPS) is 20.8. The van der Waals surface area contributed by atoms with Gasteiger partial charge in [0.15, 0.2) is 9.84 Å². The number of aryl methyl sites for hydroxylation is 1. The van der Waals surface area contributed by atoms with Crippen molar-refractivity contribution >= 4 is 21.2 Å². The van der Waals surface area contributed by atoms with Crippen LogP contribution in [0.25, 0.3) is 0 Å². The molecular weight excluding hydrogens is 316 g/mol. The van der Waals surface area contributed by atoms with Gasteiger partial charge in [-0.1, -0.05) is 26.7 Å². The molecule has 0 spiro atoms. The minimum absolute atomic E-state index is 0.178. The van der Waals surface area contributed by atoms with Crippen molar-refractivity contribution in [2.24, 2.45) is 0 Å². The molecule has 22 heavy (non-hydrogen) atoms. The number of aromatic nitrogens is 1. The summed E-state index contributed by atoms with van der Waals surface area (Å²) in [4.78, 5) is 7.07. The second kappa shape index (κ2) is 8.41. The number of hydrogen-bond acceptors (Lipinski definition) is 5. The lowest BCUT2D eigenvalue weighted by atomic mass is 10.2. The van der Waals surface area contributed by atoms with E-state index in [2.05, 4.69) is 24.1 Å². The van der Waals surface area contributed by atoms with Gasteiger partial charge in [-0.3, -0.25) is 4.90 Å². The van der Waals surface area contributed by atoms with E-state index in [9.17, 15) is 8.42 Å². The molecule has 1 aliphatic rings. The van der Waals surface area contributed by atoms with Crippen LogP contribution in [-0.2, 0) is 22.8 Å². The van der Waals surface area contributed by atoms with Gasteiger partial charge < -0.3 is 0 Å². The van der Waals surface area contributed by atoms with Gasteiger partial charge in [0, 0.05) is 18.0 Å². The number of unbranched alkanes of at least 4 members (excludes halogenated alkanes) is 2. The number of rotatable bonds is 9. The first-order chi connectivity index (χ1) is 10.5. The van der Waals surface area contributed by atoms with Gasteiger partial charge in [-0.2, -0.15) is 0 Å². The van der Waals surface area contributed by atoms with E-state index < -0.39 is 9.84 Å². The van der Waals surface area contributed by atoms with Gasteiger partial charge in [0.05, 0.1) is 22.2 Å². The molecule has 0 bridgehead atoms. The molecule has 0 aliphatic carbocycles. The van der Waals surface area contributed by atoms with Crippen molar-refractivity contribution in [3.63, 3.8) is 0 Å². The molecule has 2 rings (SSSR count). The summed E-state index contributed by atoms with van der Waals surface area (Å²) in [7, 11) is -2.82. The van der Waals surface area contributed by atoms with Crippen LogP contribution in [0.2, 0.25) is 0 Å². The summed E-state index contributed by atoms with van der Waals surface area (Å²) in [5.41, 5.74) is 1.11. The first-order valence-corrected chi connectivity index (χ1v) is 11.1. The maximum Gasteiger partial charge on any atom is 0.151 e. The molecule has 0 saturated carbocycles. The fourth-order valence-corrected chi connectivity index (χ4v) is 5.48. The van der Waals surface area contributed by atoms with Crippen LogP contribution in [-0.4, -0.2) is 42.4 Å². The van der Waals surface area contributed by atoms with Gasteiger partial charge in [-0.15, -0.1) is 11.3 Å². The highest BCUT2D eigenvalue weighted by Crippen LogP contribution is 2.22. The molecule has 1 saturated heterocycles. The van der Waals surface area contributed by atoms with Crippen LogP contribution in [0.15, 0.2) is 5.38 Å². The van der Waals surface area contributed by atoms with Crippen molar-refractivity contribution in [1.29, 1.82) is 0 Å². The zero-order valence-electron chi connectivity index (χ0n) is 13.8. The molecule has 0 N–H and O–H groups in total. The van der Waals surface area contributed by atoms with Crippen molar-refractivity contribution in [2.75, 3.05) is 18.1 Å². The van der Waals surface area contributed by atoms with E-state index in [1.165, 1.54) is 17.8 Å². The highest BCUT2D eigenvalue weighted by atomic mass is 32.2. The van der Waals surface area contributed by atoms with Gasteiger partial charge >= 0.3 is 0 Å². The van der Waals surface area contributed by atoms with Gasteiger partial charge in [0.25, 0.3) is 0 Å². The van der Waals surface area contributed by atoms with Crippen LogP contribution >= 0.6 is 11.3 Å². The standard InChI is InChI=1S/C16H28N2O2S2/c1-3-5-7-16-17-14(12-21-16)11-18(9-6-4-2)15-8-10-22(19,20)13-15/h12,15H,3-11,13H2,1-2H3/t15-/m1/s1. The molecule has 1 aliphatic heterocycles. The van der Waals surface area contributed by atoms with E-state index in [0.29, 0.717) is 11.5 Å². The Kier molecular flexibility index (Phi) is 6.84. The number of nitrogens with zero attached hydrogens (tertiary/aromatic N) is 2. The first-order valence-electron chi connectivity index (χ1n) is 8.41. The lowest BCUT2D eigenvalue weighted by molar-refractivity contribution is 0.198. The molecule has 6 heteroatoms. The molecule has 1 atom stereocenters. The van der Waals surface area contributed by atoms with E-state index in [0.717, 1.165) is 44.5 Å². The molecule has 1 aromatic heterocycles. The average Bonchev–Trinajstić information content (AvgIpc) is 3.07. The number of hydrogen-bond donors (Lipinski definition) is 0. The van der Waals surface area contributed by atoms with Crippen LogP contribution in [0.4, 0.5) is 0 Å². The fourth-order valence-electron chi connectivity index (χ4n) is 2.89. The SMILES string of the molecule is CCCCc1nc(CN(CCCC)[C@@H]2CCS(=O)(=O)C2)cs1. The maximum absolute atomic E-state index is 11.8. The monoisotopic (exact) mass is 344 g/mol. The Morgan fingerprint density at radius 3 is 2.73 bits per heavy atom. The maximum atomic E-state index is 11.8. The summed E-state index contributed by atoms with van der Waals surface area (Å²) in [6.07, 6.45) is 6.47. The van der Waals surface area contributed by atoms with E-state index in [1.807, 2.05) is 0 Å². The summed E-state index contributed by atoms with van der Waals surface area (Å²) in [5.74, 6) is 0.669. The van der Waals surface area contributed by atoms with Crippen molar-refractivity contribution in [3.05, 3.63) is 16.1 Å². The van der Waals surface area contributed by atoms with Crippen LogP contribution in [0.3, 0.4) is 0 Å². The molecule has 1 fully saturated rings. The Morgan fingerprint density at radius 2 is 2.09 bits per heavy atom. The van der Waals surface area contributed by atoms with Crippen molar-refractivity contribution in [1.82, 2.24) is 9.88 Å². The average molecular weight is 345 g/mol. The summed E-state index contributed by atoms with van der Waals surface area (Å²) >= 11 is 1.74. The smallest absolute Gasteiger partial charge is 0.151 e. The minimum atomic E-state index is -2.82. The van der Waals surface area contributed by atoms with Gasteiger partial charge in [0.2, 0.25) is 0 Å². The van der Waals surface area contributed by atoms with Crippen molar-refractivity contribution in [2.45, 2.75) is 65.0 Å². The van der Waals surface area contributed by atoms with Crippen LogP contribution in [0.1, 0.15) is 56.7 Å². The molecule has 2 heterocycles. The van der Waals surface area contributed by atoms with Gasteiger partial charge in [0.1, 0.15) is 0 Å². The lowest BCUT2D eigenvalue weighted by Crippen LogP contribution is -2.36. The quantitative estimate of drug-likeness (QED) is 0.690. The topological polar surface area (TPSA) is 50.3 Å². The predicted molar refractivity (Wildman–Crippen MR) is 93.1 cm³/mol. The molecule has 126 valence electrons. The highest BCUT2D eigenvalue weighted by molar-refractivity contribution is 7.91. The molecule has 1 aromatic rings. The largest absolute Gasteiger partial charge is 0.293 e. The van der Waals surface area contributed by atoms with Crippen molar-refractivity contribution < 1.29 is 8.42 Å². The van der Waals surface area contributed by atoms with E-state index >= 15 is 0 Å². The molecular formula is C16H28N2O2S2. The molecule has 0 radical (unpaired) electrons. The Labute approximate surface area is 138 Å².